The Balaban J connectivity index is 3.22. The van der Waals surface area contributed by atoms with Crippen LogP contribution in [0.15, 0.2) is 18.2 Å². The van der Waals surface area contributed by atoms with Gasteiger partial charge in [0.25, 0.3) is 0 Å². The first kappa shape index (κ1) is 17.8. The highest BCUT2D eigenvalue weighted by atomic mass is 35.5. The number of benzene rings is 1. The molecule has 1 aromatic rings. The Morgan fingerprint density at radius 3 is 2.24 bits per heavy atom. The summed E-state index contributed by atoms with van der Waals surface area (Å²) in [4.78, 5) is 23.4. The first-order chi connectivity index (χ1) is 9.53. The number of esters is 1. The number of carboxylic acid groups (broad SMARTS) is 1. The molecule has 0 aliphatic rings. The molecule has 7 heteroatoms. The van der Waals surface area contributed by atoms with E-state index in [1.807, 2.05) is 0 Å². The maximum absolute atomic E-state index is 12.3. The SMILES string of the molecule is CC(C)(C)OC(=O)[C@H](c1ccc(Cl)c(Cl)c1)[C@@H](N)C(=O)O. The van der Waals surface area contributed by atoms with E-state index in [1.54, 1.807) is 20.8 Å². The van der Waals surface area contributed by atoms with Crippen LogP contribution in [0, 0.1) is 0 Å². The molecule has 5 nitrogen and oxygen atoms in total. The van der Waals surface area contributed by atoms with E-state index in [0.29, 0.717) is 10.6 Å². The fraction of sp³-hybridized carbons (Fsp3) is 0.429. The number of hydrogen-bond acceptors (Lipinski definition) is 4. The Bertz CT molecular complexity index is 554. The summed E-state index contributed by atoms with van der Waals surface area (Å²) in [5.74, 6) is -3.20. The maximum Gasteiger partial charge on any atom is 0.321 e. The number of carboxylic acids is 1. The van der Waals surface area contributed by atoms with Gasteiger partial charge >= 0.3 is 11.9 Å². The highest BCUT2D eigenvalue weighted by molar-refractivity contribution is 6.42. The first-order valence-corrected chi connectivity index (χ1v) is 6.94. The number of carbonyl (C=O) groups is 2. The predicted molar refractivity (Wildman–Crippen MR) is 80.7 cm³/mol. The van der Waals surface area contributed by atoms with Gasteiger partial charge in [0, 0.05) is 0 Å². The summed E-state index contributed by atoms with van der Waals surface area (Å²) >= 11 is 11.7. The molecule has 0 saturated heterocycles. The van der Waals surface area contributed by atoms with Gasteiger partial charge in [0.2, 0.25) is 0 Å². The second-order valence-corrected chi connectivity index (χ2v) is 6.36. The van der Waals surface area contributed by atoms with Crippen LogP contribution in [0.25, 0.3) is 0 Å². The summed E-state index contributed by atoms with van der Waals surface area (Å²) in [6.45, 7) is 5.05. The van der Waals surface area contributed by atoms with E-state index in [9.17, 15) is 9.59 Å². The lowest BCUT2D eigenvalue weighted by molar-refractivity contribution is -0.160. The minimum atomic E-state index is -1.45. The molecule has 0 heterocycles. The lowest BCUT2D eigenvalue weighted by atomic mass is 9.91. The third kappa shape index (κ3) is 4.88. The Labute approximate surface area is 133 Å². The van der Waals surface area contributed by atoms with E-state index < -0.39 is 29.5 Å². The number of aliphatic carboxylic acids is 1. The molecule has 0 radical (unpaired) electrons. The Morgan fingerprint density at radius 2 is 1.81 bits per heavy atom. The molecule has 1 aromatic carbocycles. The Kier molecular flexibility index (Phi) is 5.61. The third-order valence-electron chi connectivity index (χ3n) is 2.61. The summed E-state index contributed by atoms with van der Waals surface area (Å²) in [6, 6.07) is 2.95. The molecule has 1 rings (SSSR count). The summed E-state index contributed by atoms with van der Waals surface area (Å²) in [7, 11) is 0. The topological polar surface area (TPSA) is 89.6 Å². The lowest BCUT2D eigenvalue weighted by Gasteiger charge is -2.26. The van der Waals surface area contributed by atoms with Crippen LogP contribution in [-0.4, -0.2) is 28.7 Å². The van der Waals surface area contributed by atoms with Gasteiger partial charge in [-0.15, -0.1) is 0 Å². The first-order valence-electron chi connectivity index (χ1n) is 6.19. The van der Waals surface area contributed by atoms with E-state index in [1.165, 1.54) is 18.2 Å². The zero-order valence-electron chi connectivity index (χ0n) is 11.9. The molecule has 0 amide bonds. The van der Waals surface area contributed by atoms with Crippen molar-refractivity contribution in [1.29, 1.82) is 0 Å². The van der Waals surface area contributed by atoms with Crippen LogP contribution in [0.1, 0.15) is 32.3 Å². The molecule has 0 aliphatic carbocycles. The Hall–Kier alpha value is -1.30. The molecule has 0 spiro atoms. The highest BCUT2D eigenvalue weighted by Crippen LogP contribution is 2.29. The van der Waals surface area contributed by atoms with Crippen molar-refractivity contribution in [3.63, 3.8) is 0 Å². The molecule has 0 fully saturated rings. The van der Waals surface area contributed by atoms with Crippen molar-refractivity contribution in [1.82, 2.24) is 0 Å². The molecule has 3 N–H and O–H groups in total. The number of halogens is 2. The summed E-state index contributed by atoms with van der Waals surface area (Å²) in [6.07, 6.45) is 0. The molecular weight excluding hydrogens is 317 g/mol. The average molecular weight is 334 g/mol. The zero-order chi connectivity index (χ0) is 16.4. The number of rotatable bonds is 4. The van der Waals surface area contributed by atoms with Crippen LogP contribution in [-0.2, 0) is 14.3 Å². The summed E-state index contributed by atoms with van der Waals surface area (Å²) in [5, 5.41) is 9.60. The molecule has 0 saturated carbocycles. The molecule has 0 aromatic heterocycles. The van der Waals surface area contributed by atoms with E-state index in [-0.39, 0.29) is 5.02 Å². The van der Waals surface area contributed by atoms with E-state index in [4.69, 9.17) is 38.8 Å². The van der Waals surface area contributed by atoms with E-state index in [0.717, 1.165) is 0 Å². The van der Waals surface area contributed by atoms with Gasteiger partial charge in [-0.3, -0.25) is 9.59 Å². The van der Waals surface area contributed by atoms with Crippen LogP contribution >= 0.6 is 23.2 Å². The van der Waals surface area contributed by atoms with Crippen LogP contribution < -0.4 is 5.73 Å². The van der Waals surface area contributed by atoms with Crippen molar-refractivity contribution in [2.24, 2.45) is 5.73 Å². The van der Waals surface area contributed by atoms with Gasteiger partial charge in [0.05, 0.1) is 10.0 Å². The molecule has 21 heavy (non-hydrogen) atoms. The lowest BCUT2D eigenvalue weighted by Crippen LogP contribution is -2.42. The standard InChI is InChI=1S/C14H17Cl2NO4/c1-14(2,3)21-13(20)10(11(17)12(18)19)7-4-5-8(15)9(16)6-7/h4-6,10-11H,17H2,1-3H3,(H,18,19)/t10-,11-/m1/s1. The second-order valence-electron chi connectivity index (χ2n) is 5.55. The number of carbonyl (C=O) groups excluding carboxylic acids is 1. The largest absolute Gasteiger partial charge is 0.480 e. The van der Waals surface area contributed by atoms with Crippen LogP contribution in [0.2, 0.25) is 10.0 Å². The minimum absolute atomic E-state index is 0.209. The number of nitrogens with two attached hydrogens (primary N) is 1. The van der Waals surface area contributed by atoms with Gasteiger partial charge in [-0.05, 0) is 38.5 Å². The zero-order valence-corrected chi connectivity index (χ0v) is 13.4. The normalized spacial score (nSPS) is 14.4. The van der Waals surface area contributed by atoms with Crippen LogP contribution in [0.5, 0.6) is 0 Å². The van der Waals surface area contributed by atoms with Gasteiger partial charge in [-0.2, -0.15) is 0 Å². The van der Waals surface area contributed by atoms with E-state index in [2.05, 4.69) is 0 Å². The fourth-order valence-corrected chi connectivity index (χ4v) is 2.01. The predicted octanol–water partition coefficient (Wildman–Crippen LogP) is 2.83. The molecular formula is C14H17Cl2NO4. The summed E-state index contributed by atoms with van der Waals surface area (Å²) < 4.78 is 5.24. The monoisotopic (exact) mass is 333 g/mol. The van der Waals surface area contributed by atoms with Crippen LogP contribution in [0.3, 0.4) is 0 Å². The molecule has 0 bridgehead atoms. The molecule has 0 unspecified atom stereocenters. The maximum atomic E-state index is 12.3. The van der Waals surface area contributed by atoms with Gasteiger partial charge in [0.15, 0.2) is 0 Å². The van der Waals surface area contributed by atoms with Gasteiger partial charge in [-0.25, -0.2) is 0 Å². The average Bonchev–Trinajstić information content (AvgIpc) is 2.31. The quantitative estimate of drug-likeness (QED) is 0.827. The Morgan fingerprint density at radius 1 is 1.24 bits per heavy atom. The second kappa shape index (κ2) is 6.64. The molecule has 116 valence electrons. The van der Waals surface area contributed by atoms with Crippen LogP contribution in [0.4, 0.5) is 0 Å². The van der Waals surface area contributed by atoms with Gasteiger partial charge in [-0.1, -0.05) is 29.3 Å². The van der Waals surface area contributed by atoms with Crippen molar-refractivity contribution in [2.75, 3.05) is 0 Å². The van der Waals surface area contributed by atoms with Crippen molar-refractivity contribution in [3.05, 3.63) is 33.8 Å². The number of hydrogen-bond donors (Lipinski definition) is 2. The smallest absolute Gasteiger partial charge is 0.321 e. The third-order valence-corrected chi connectivity index (χ3v) is 3.35. The highest BCUT2D eigenvalue weighted by Gasteiger charge is 2.35. The fourth-order valence-electron chi connectivity index (χ4n) is 1.70. The van der Waals surface area contributed by atoms with Crippen molar-refractivity contribution >= 4 is 35.1 Å². The van der Waals surface area contributed by atoms with Gasteiger partial charge < -0.3 is 15.6 Å². The summed E-state index contributed by atoms with van der Waals surface area (Å²) in [5.41, 5.74) is 5.21. The van der Waals surface area contributed by atoms with E-state index >= 15 is 0 Å². The minimum Gasteiger partial charge on any atom is -0.480 e. The van der Waals surface area contributed by atoms with Crippen molar-refractivity contribution < 1.29 is 19.4 Å². The van der Waals surface area contributed by atoms with Crippen molar-refractivity contribution in [3.8, 4) is 0 Å². The van der Waals surface area contributed by atoms with Crippen molar-refractivity contribution in [2.45, 2.75) is 38.3 Å². The molecule has 0 aliphatic heterocycles. The number of ether oxygens (including phenoxy) is 1. The van der Waals surface area contributed by atoms with Gasteiger partial charge in [0.1, 0.15) is 17.6 Å². The molecule has 2 atom stereocenters.